The fourth-order valence-electron chi connectivity index (χ4n) is 2.41. The van der Waals surface area contributed by atoms with Crippen molar-refractivity contribution >= 4 is 36.4 Å². The predicted molar refractivity (Wildman–Crippen MR) is 94.8 cm³/mol. The van der Waals surface area contributed by atoms with Crippen LogP contribution in [0.3, 0.4) is 0 Å². The second-order valence-corrected chi connectivity index (χ2v) is 4.92. The highest BCUT2D eigenvalue weighted by molar-refractivity contribution is 5.85. The number of nitrogens with zero attached hydrogens (tertiary/aromatic N) is 2. The van der Waals surface area contributed by atoms with Crippen molar-refractivity contribution in [1.29, 1.82) is 0 Å². The maximum Gasteiger partial charge on any atom is 0.223 e. The zero-order chi connectivity index (χ0) is 14.4. The first-order chi connectivity index (χ1) is 9.74. The van der Waals surface area contributed by atoms with Crippen LogP contribution in [-0.4, -0.2) is 57.7 Å². The van der Waals surface area contributed by atoms with Crippen LogP contribution in [0, 0.1) is 0 Å². The molecule has 0 atom stereocenters. The van der Waals surface area contributed by atoms with Gasteiger partial charge in [-0.05, 0) is 19.2 Å². The number of nitrogens with one attached hydrogen (secondary N) is 1. The number of methoxy groups -OCH3 is 1. The Morgan fingerprint density at radius 1 is 1.23 bits per heavy atom. The Labute approximate surface area is 144 Å². The van der Waals surface area contributed by atoms with E-state index in [0.29, 0.717) is 6.42 Å². The van der Waals surface area contributed by atoms with Gasteiger partial charge in [0.05, 0.1) is 7.11 Å². The molecule has 1 saturated heterocycles. The molecule has 0 unspecified atom stereocenters. The van der Waals surface area contributed by atoms with Crippen LogP contribution in [0.2, 0.25) is 0 Å². The number of rotatable bonds is 5. The summed E-state index contributed by atoms with van der Waals surface area (Å²) in [5.74, 6) is 1.11. The highest BCUT2D eigenvalue weighted by atomic mass is 35.5. The van der Waals surface area contributed by atoms with E-state index in [1.165, 1.54) is 0 Å². The summed E-state index contributed by atoms with van der Waals surface area (Å²) in [7, 11) is 3.55. The standard InChI is InChI=1S/C15H23N3O2.2ClH/c1-16-7-6-15(19)18-10-8-17(9-11-18)13-4-3-5-14(12-13)20-2;;/h3-5,12,16H,6-11H2,1-2H3;2*1H. The Bertz CT molecular complexity index is 452. The third-order valence-corrected chi connectivity index (χ3v) is 3.64. The number of ether oxygens (including phenoxy) is 1. The summed E-state index contributed by atoms with van der Waals surface area (Å²) in [6.45, 7) is 4.07. The van der Waals surface area contributed by atoms with E-state index in [2.05, 4.69) is 16.3 Å². The zero-order valence-electron chi connectivity index (χ0n) is 13.1. The summed E-state index contributed by atoms with van der Waals surface area (Å²) in [6, 6.07) is 8.07. The molecule has 1 amide bonds. The van der Waals surface area contributed by atoms with Gasteiger partial charge in [0.2, 0.25) is 5.91 Å². The molecule has 1 aromatic rings. The second-order valence-electron chi connectivity index (χ2n) is 4.92. The average molecular weight is 350 g/mol. The molecule has 5 nitrogen and oxygen atoms in total. The van der Waals surface area contributed by atoms with Gasteiger partial charge in [0.1, 0.15) is 5.75 Å². The van der Waals surface area contributed by atoms with Gasteiger partial charge in [0, 0.05) is 50.9 Å². The molecule has 1 aliphatic heterocycles. The first-order valence-electron chi connectivity index (χ1n) is 7.06. The van der Waals surface area contributed by atoms with Crippen LogP contribution in [0.1, 0.15) is 6.42 Å². The van der Waals surface area contributed by atoms with Crippen LogP contribution in [0.25, 0.3) is 0 Å². The van der Waals surface area contributed by atoms with Gasteiger partial charge in [-0.1, -0.05) is 6.07 Å². The number of amides is 1. The van der Waals surface area contributed by atoms with Gasteiger partial charge >= 0.3 is 0 Å². The van der Waals surface area contributed by atoms with E-state index >= 15 is 0 Å². The largest absolute Gasteiger partial charge is 0.497 e. The van der Waals surface area contributed by atoms with Gasteiger partial charge < -0.3 is 19.9 Å². The van der Waals surface area contributed by atoms with E-state index in [-0.39, 0.29) is 30.7 Å². The zero-order valence-corrected chi connectivity index (χ0v) is 14.7. The summed E-state index contributed by atoms with van der Waals surface area (Å²) >= 11 is 0. The van der Waals surface area contributed by atoms with E-state index in [0.717, 1.165) is 44.2 Å². The van der Waals surface area contributed by atoms with Crippen molar-refractivity contribution in [2.75, 3.05) is 51.8 Å². The van der Waals surface area contributed by atoms with Crippen LogP contribution in [0.5, 0.6) is 5.75 Å². The predicted octanol–water partition coefficient (Wildman–Crippen LogP) is 1.80. The van der Waals surface area contributed by atoms with Gasteiger partial charge in [0.15, 0.2) is 0 Å². The number of benzene rings is 1. The molecule has 0 aliphatic carbocycles. The van der Waals surface area contributed by atoms with Crippen LogP contribution < -0.4 is 15.0 Å². The quantitative estimate of drug-likeness (QED) is 0.880. The van der Waals surface area contributed by atoms with Crippen molar-refractivity contribution in [2.45, 2.75) is 6.42 Å². The van der Waals surface area contributed by atoms with E-state index in [1.54, 1.807) is 7.11 Å². The maximum atomic E-state index is 11.9. The smallest absolute Gasteiger partial charge is 0.223 e. The fourth-order valence-corrected chi connectivity index (χ4v) is 2.41. The molecule has 0 spiro atoms. The molecule has 1 N–H and O–H groups in total. The van der Waals surface area contributed by atoms with Gasteiger partial charge in [-0.15, -0.1) is 24.8 Å². The van der Waals surface area contributed by atoms with Gasteiger partial charge in [-0.2, -0.15) is 0 Å². The lowest BCUT2D eigenvalue weighted by atomic mass is 10.2. The number of carbonyl (C=O) groups excluding carboxylic acids is 1. The number of halogens is 2. The molecular formula is C15H25Cl2N3O2. The van der Waals surface area contributed by atoms with Crippen molar-refractivity contribution < 1.29 is 9.53 Å². The first kappa shape index (κ1) is 20.8. The lowest BCUT2D eigenvalue weighted by Gasteiger charge is -2.36. The van der Waals surface area contributed by atoms with Crippen molar-refractivity contribution in [2.24, 2.45) is 0 Å². The molecule has 0 saturated carbocycles. The molecule has 1 heterocycles. The van der Waals surface area contributed by atoms with Crippen LogP contribution in [0.4, 0.5) is 5.69 Å². The Kier molecular flexibility index (Phi) is 9.98. The molecule has 1 fully saturated rings. The van der Waals surface area contributed by atoms with Crippen molar-refractivity contribution in [3.05, 3.63) is 24.3 Å². The third kappa shape index (κ3) is 5.55. The summed E-state index contributed by atoms with van der Waals surface area (Å²) in [5, 5.41) is 3.01. The summed E-state index contributed by atoms with van der Waals surface area (Å²) in [4.78, 5) is 16.2. The molecule has 7 heteroatoms. The van der Waals surface area contributed by atoms with Crippen molar-refractivity contribution in [3.63, 3.8) is 0 Å². The molecule has 0 bridgehead atoms. The summed E-state index contributed by atoms with van der Waals surface area (Å²) in [5.41, 5.74) is 1.16. The Hall–Kier alpha value is -1.17. The molecular weight excluding hydrogens is 325 g/mol. The minimum atomic E-state index is 0. The Morgan fingerprint density at radius 2 is 1.91 bits per heavy atom. The highest BCUT2D eigenvalue weighted by Crippen LogP contribution is 2.22. The third-order valence-electron chi connectivity index (χ3n) is 3.64. The van der Waals surface area contributed by atoms with E-state index in [1.807, 2.05) is 30.1 Å². The minimum Gasteiger partial charge on any atom is -0.497 e. The molecule has 2 rings (SSSR count). The molecule has 0 radical (unpaired) electrons. The van der Waals surface area contributed by atoms with Gasteiger partial charge in [0.25, 0.3) is 0 Å². The summed E-state index contributed by atoms with van der Waals surface area (Å²) in [6.07, 6.45) is 0.579. The van der Waals surface area contributed by atoms with Crippen LogP contribution in [-0.2, 0) is 4.79 Å². The average Bonchev–Trinajstić information content (AvgIpc) is 2.52. The maximum absolute atomic E-state index is 11.9. The van der Waals surface area contributed by atoms with Gasteiger partial charge in [-0.3, -0.25) is 4.79 Å². The number of hydrogen-bond acceptors (Lipinski definition) is 4. The van der Waals surface area contributed by atoms with Crippen molar-refractivity contribution in [1.82, 2.24) is 10.2 Å². The summed E-state index contributed by atoms with van der Waals surface area (Å²) < 4.78 is 5.25. The normalized spacial score (nSPS) is 13.9. The molecule has 1 aliphatic rings. The van der Waals surface area contributed by atoms with Crippen LogP contribution in [0.15, 0.2) is 24.3 Å². The SMILES string of the molecule is CNCCC(=O)N1CCN(c2cccc(OC)c2)CC1.Cl.Cl. The van der Waals surface area contributed by atoms with Crippen molar-refractivity contribution in [3.8, 4) is 5.75 Å². The molecule has 22 heavy (non-hydrogen) atoms. The second kappa shape index (κ2) is 10.5. The number of carbonyl (C=O) groups is 1. The first-order valence-corrected chi connectivity index (χ1v) is 7.06. The lowest BCUT2D eigenvalue weighted by molar-refractivity contribution is -0.131. The molecule has 1 aromatic carbocycles. The highest BCUT2D eigenvalue weighted by Gasteiger charge is 2.20. The fraction of sp³-hybridized carbons (Fsp3) is 0.533. The Balaban J connectivity index is 0.00000220. The van der Waals surface area contributed by atoms with Crippen LogP contribution >= 0.6 is 24.8 Å². The number of hydrogen-bond donors (Lipinski definition) is 1. The van der Waals surface area contributed by atoms with Gasteiger partial charge in [-0.25, -0.2) is 0 Å². The minimum absolute atomic E-state index is 0. The monoisotopic (exact) mass is 349 g/mol. The number of piperazine rings is 1. The molecule has 126 valence electrons. The topological polar surface area (TPSA) is 44.8 Å². The lowest BCUT2D eigenvalue weighted by Crippen LogP contribution is -2.49. The van der Waals surface area contributed by atoms with E-state index < -0.39 is 0 Å². The Morgan fingerprint density at radius 3 is 2.50 bits per heavy atom. The van der Waals surface area contributed by atoms with E-state index in [4.69, 9.17) is 4.74 Å². The van der Waals surface area contributed by atoms with E-state index in [9.17, 15) is 4.79 Å². The molecule has 0 aromatic heterocycles. The number of anilines is 1.